The number of amides is 2. The van der Waals surface area contributed by atoms with Gasteiger partial charge in [0.2, 0.25) is 5.91 Å². The lowest BCUT2D eigenvalue weighted by Gasteiger charge is -2.23. The molecule has 21 heavy (non-hydrogen) atoms. The summed E-state index contributed by atoms with van der Waals surface area (Å²) in [6.07, 6.45) is 0.576. The zero-order valence-electron chi connectivity index (χ0n) is 12.1. The molecule has 0 spiro atoms. The molecule has 0 heterocycles. The largest absolute Gasteiger partial charge is 0.347 e. The van der Waals surface area contributed by atoms with Crippen LogP contribution in [0.15, 0.2) is 16.6 Å². The summed E-state index contributed by atoms with van der Waals surface area (Å²) in [6.45, 7) is 1.84. The average molecular weight is 363 g/mol. The quantitative estimate of drug-likeness (QED) is 0.807. The minimum absolute atomic E-state index is 0.209. The van der Waals surface area contributed by atoms with Gasteiger partial charge in [-0.15, -0.1) is 0 Å². The first-order chi connectivity index (χ1) is 9.77. The second-order valence-corrected chi connectivity index (χ2v) is 5.67. The van der Waals surface area contributed by atoms with E-state index in [1.54, 1.807) is 14.1 Å². The van der Waals surface area contributed by atoms with Crippen molar-refractivity contribution in [3.8, 4) is 0 Å². The third kappa shape index (κ3) is 4.49. The summed E-state index contributed by atoms with van der Waals surface area (Å²) in [5.74, 6) is -3.04. The molecule has 0 fully saturated rings. The van der Waals surface area contributed by atoms with Gasteiger partial charge in [0.1, 0.15) is 23.7 Å². The number of hydrogen-bond acceptors (Lipinski definition) is 2. The molecular weight excluding hydrogens is 346 g/mol. The molecule has 1 aromatic rings. The third-order valence-corrected chi connectivity index (χ3v) is 3.28. The van der Waals surface area contributed by atoms with Crippen molar-refractivity contribution < 1.29 is 18.4 Å². The maximum atomic E-state index is 13.8. The first-order valence-corrected chi connectivity index (χ1v) is 7.21. The van der Waals surface area contributed by atoms with Crippen LogP contribution < -0.4 is 0 Å². The fraction of sp³-hybridized carbons (Fsp3) is 0.429. The van der Waals surface area contributed by atoms with Crippen LogP contribution in [0.4, 0.5) is 8.78 Å². The number of rotatable bonds is 5. The molecule has 0 aromatic heterocycles. The highest BCUT2D eigenvalue weighted by Crippen LogP contribution is 2.21. The molecular formula is C14H17BrF2N2O2. The van der Waals surface area contributed by atoms with Crippen LogP contribution in [0.25, 0.3) is 0 Å². The lowest BCUT2D eigenvalue weighted by Crippen LogP contribution is -2.41. The van der Waals surface area contributed by atoms with Crippen LogP contribution in [0.2, 0.25) is 0 Å². The van der Waals surface area contributed by atoms with Crippen molar-refractivity contribution in [2.75, 3.05) is 27.2 Å². The maximum absolute atomic E-state index is 13.8. The van der Waals surface area contributed by atoms with Crippen molar-refractivity contribution in [3.05, 3.63) is 33.8 Å². The zero-order chi connectivity index (χ0) is 16.2. The molecule has 2 amide bonds. The second kappa shape index (κ2) is 7.49. The molecule has 0 aliphatic rings. The topological polar surface area (TPSA) is 40.6 Å². The van der Waals surface area contributed by atoms with Crippen LogP contribution >= 0.6 is 15.9 Å². The summed E-state index contributed by atoms with van der Waals surface area (Å²) in [4.78, 5) is 26.5. The summed E-state index contributed by atoms with van der Waals surface area (Å²) in [5.41, 5.74) is -0.641. The van der Waals surface area contributed by atoms with Crippen molar-refractivity contribution in [2.24, 2.45) is 0 Å². The van der Waals surface area contributed by atoms with E-state index < -0.39 is 23.1 Å². The van der Waals surface area contributed by atoms with Crippen LogP contribution in [-0.2, 0) is 4.79 Å². The van der Waals surface area contributed by atoms with Crippen molar-refractivity contribution in [1.29, 1.82) is 0 Å². The van der Waals surface area contributed by atoms with Crippen molar-refractivity contribution >= 4 is 27.7 Å². The van der Waals surface area contributed by atoms with Gasteiger partial charge in [0, 0.05) is 25.1 Å². The molecule has 7 heteroatoms. The molecule has 0 atom stereocenters. The van der Waals surface area contributed by atoms with E-state index in [0.717, 1.165) is 17.0 Å². The van der Waals surface area contributed by atoms with Gasteiger partial charge < -0.3 is 9.80 Å². The van der Waals surface area contributed by atoms with E-state index in [2.05, 4.69) is 15.9 Å². The molecule has 1 rings (SSSR count). The Morgan fingerprint density at radius 1 is 1.19 bits per heavy atom. The first kappa shape index (κ1) is 17.6. The number of halogens is 3. The van der Waals surface area contributed by atoms with Crippen LogP contribution in [0.5, 0.6) is 0 Å². The molecule has 0 radical (unpaired) electrons. The number of benzene rings is 1. The van der Waals surface area contributed by atoms with Crippen LogP contribution in [-0.4, -0.2) is 48.8 Å². The summed E-state index contributed by atoms with van der Waals surface area (Å²) < 4.78 is 27.9. The van der Waals surface area contributed by atoms with E-state index in [1.807, 2.05) is 6.92 Å². The van der Waals surface area contributed by atoms with Crippen LogP contribution in [0.1, 0.15) is 23.7 Å². The third-order valence-electron chi connectivity index (χ3n) is 2.83. The summed E-state index contributed by atoms with van der Waals surface area (Å²) >= 11 is 2.96. The maximum Gasteiger partial charge on any atom is 0.260 e. The van der Waals surface area contributed by atoms with Gasteiger partial charge in [0.25, 0.3) is 5.91 Å². The first-order valence-electron chi connectivity index (χ1n) is 6.41. The van der Waals surface area contributed by atoms with E-state index in [0.29, 0.717) is 6.42 Å². The molecule has 0 aliphatic heterocycles. The number of likely N-dealkylation sites (N-methyl/N-ethyl adjacent to an activating group) is 1. The molecule has 0 saturated heterocycles. The number of hydrogen-bond donors (Lipinski definition) is 0. The van der Waals surface area contributed by atoms with Crippen molar-refractivity contribution in [2.45, 2.75) is 13.3 Å². The van der Waals surface area contributed by atoms with Gasteiger partial charge in [-0.25, -0.2) is 8.78 Å². The van der Waals surface area contributed by atoms with Crippen molar-refractivity contribution in [3.63, 3.8) is 0 Å². The smallest absolute Gasteiger partial charge is 0.260 e. The monoisotopic (exact) mass is 362 g/mol. The Morgan fingerprint density at radius 3 is 2.14 bits per heavy atom. The molecule has 0 saturated carbocycles. The Hall–Kier alpha value is -1.50. The van der Waals surface area contributed by atoms with E-state index >= 15 is 0 Å². The van der Waals surface area contributed by atoms with Gasteiger partial charge in [-0.2, -0.15) is 0 Å². The molecule has 1 aromatic carbocycles. The average Bonchev–Trinajstić information content (AvgIpc) is 2.36. The van der Waals surface area contributed by atoms with Crippen LogP contribution in [0.3, 0.4) is 0 Å². The Balaban J connectivity index is 3.09. The van der Waals surface area contributed by atoms with E-state index in [9.17, 15) is 18.4 Å². The minimum Gasteiger partial charge on any atom is -0.347 e. The van der Waals surface area contributed by atoms with Gasteiger partial charge in [-0.1, -0.05) is 22.9 Å². The normalized spacial score (nSPS) is 10.4. The molecule has 0 N–H and O–H groups in total. The molecule has 116 valence electrons. The second-order valence-electron chi connectivity index (χ2n) is 4.76. The zero-order valence-corrected chi connectivity index (χ0v) is 13.7. The Kier molecular flexibility index (Phi) is 6.26. The highest BCUT2D eigenvalue weighted by atomic mass is 79.9. The Morgan fingerprint density at radius 2 is 1.71 bits per heavy atom. The number of carbonyl (C=O) groups is 2. The lowest BCUT2D eigenvalue weighted by atomic mass is 10.1. The van der Waals surface area contributed by atoms with Gasteiger partial charge in [0.05, 0.1) is 0 Å². The van der Waals surface area contributed by atoms with Gasteiger partial charge in [-0.3, -0.25) is 9.59 Å². The predicted molar refractivity (Wildman–Crippen MR) is 78.9 cm³/mol. The molecule has 4 nitrogen and oxygen atoms in total. The van der Waals surface area contributed by atoms with E-state index in [-0.39, 0.29) is 23.5 Å². The highest BCUT2D eigenvalue weighted by molar-refractivity contribution is 9.10. The molecule has 0 bridgehead atoms. The summed E-state index contributed by atoms with van der Waals surface area (Å²) in [5, 5.41) is 0. The number of nitrogens with zero attached hydrogens (tertiary/aromatic N) is 2. The summed E-state index contributed by atoms with van der Waals surface area (Å²) in [7, 11) is 3.11. The SMILES string of the molecule is CCCN(CC(=O)N(C)C)C(=O)c1c(F)cc(Br)cc1F. The molecule has 0 aliphatic carbocycles. The van der Waals surface area contributed by atoms with Gasteiger partial charge in [-0.05, 0) is 18.6 Å². The minimum atomic E-state index is -0.953. The molecule has 0 unspecified atom stereocenters. The van der Waals surface area contributed by atoms with Gasteiger partial charge in [0.15, 0.2) is 0 Å². The predicted octanol–water partition coefficient (Wildman–Crippen LogP) is 2.67. The standard InChI is InChI=1S/C14H17BrF2N2O2/c1-4-5-19(8-12(20)18(2)3)14(21)13-10(16)6-9(15)7-11(13)17/h6-7H,4-5,8H2,1-3H3. The Labute approximate surface area is 130 Å². The van der Waals surface area contributed by atoms with Gasteiger partial charge >= 0.3 is 0 Å². The van der Waals surface area contributed by atoms with Crippen LogP contribution in [0, 0.1) is 11.6 Å². The van der Waals surface area contributed by atoms with Crippen molar-refractivity contribution in [1.82, 2.24) is 9.80 Å². The fourth-order valence-electron chi connectivity index (χ4n) is 1.73. The summed E-state index contributed by atoms with van der Waals surface area (Å²) in [6, 6.07) is 2.04. The number of carbonyl (C=O) groups excluding carboxylic acids is 2. The lowest BCUT2D eigenvalue weighted by molar-refractivity contribution is -0.129. The van der Waals surface area contributed by atoms with E-state index in [4.69, 9.17) is 0 Å². The van der Waals surface area contributed by atoms with E-state index in [1.165, 1.54) is 4.90 Å². The Bertz CT molecular complexity index is 527. The highest BCUT2D eigenvalue weighted by Gasteiger charge is 2.25. The fourth-order valence-corrected chi connectivity index (χ4v) is 2.13.